The Morgan fingerprint density at radius 3 is 2.76 bits per heavy atom. The molecule has 2 heterocycles. The Kier molecular flexibility index (Phi) is 5.13. The third-order valence-electron chi connectivity index (χ3n) is 4.97. The van der Waals surface area contributed by atoms with Gasteiger partial charge in [-0.2, -0.15) is 0 Å². The van der Waals surface area contributed by atoms with E-state index in [0.717, 1.165) is 40.9 Å². The first-order valence-electron chi connectivity index (χ1n) is 10.0. The first-order chi connectivity index (χ1) is 13.8. The van der Waals surface area contributed by atoms with Gasteiger partial charge < -0.3 is 14.6 Å². The van der Waals surface area contributed by atoms with Crippen LogP contribution in [0.3, 0.4) is 0 Å². The van der Waals surface area contributed by atoms with Gasteiger partial charge in [0.25, 0.3) is 11.6 Å². The van der Waals surface area contributed by atoms with E-state index in [0.29, 0.717) is 30.2 Å². The fraction of sp³-hybridized carbons (Fsp3) is 0.435. The topological polar surface area (TPSA) is 77.2 Å². The molecule has 6 nitrogen and oxygen atoms in total. The molecule has 0 aliphatic heterocycles. The number of anilines is 1. The molecule has 1 N–H and O–H groups in total. The summed E-state index contributed by atoms with van der Waals surface area (Å²) < 4.78 is 10.7. The maximum absolute atomic E-state index is 13.3. The van der Waals surface area contributed by atoms with Gasteiger partial charge in [0.05, 0.1) is 23.3 Å². The summed E-state index contributed by atoms with van der Waals surface area (Å²) in [4.78, 5) is 17.9. The number of amides is 1. The van der Waals surface area contributed by atoms with Crippen LogP contribution in [0.4, 0.5) is 5.69 Å². The lowest BCUT2D eigenvalue weighted by Gasteiger charge is -2.16. The van der Waals surface area contributed by atoms with Crippen molar-refractivity contribution < 1.29 is 14.1 Å². The molecule has 0 atom stereocenters. The molecule has 4 rings (SSSR count). The van der Waals surface area contributed by atoms with E-state index >= 15 is 0 Å². The van der Waals surface area contributed by atoms with Gasteiger partial charge in [-0.3, -0.25) is 4.79 Å². The summed E-state index contributed by atoms with van der Waals surface area (Å²) in [6.07, 6.45) is 2.90. The van der Waals surface area contributed by atoms with Gasteiger partial charge in [-0.1, -0.05) is 38.1 Å². The second-order valence-electron chi connectivity index (χ2n) is 9.00. The fourth-order valence-corrected chi connectivity index (χ4v) is 3.52. The Labute approximate surface area is 170 Å². The minimum absolute atomic E-state index is 0.0151. The molecule has 3 aromatic rings. The maximum atomic E-state index is 13.3. The smallest absolute Gasteiger partial charge is 0.259 e. The van der Waals surface area contributed by atoms with Gasteiger partial charge in [0, 0.05) is 24.4 Å². The van der Waals surface area contributed by atoms with E-state index in [-0.39, 0.29) is 11.3 Å². The van der Waals surface area contributed by atoms with Gasteiger partial charge >= 0.3 is 0 Å². The molecular formula is C23H27N3O3. The van der Waals surface area contributed by atoms with E-state index in [1.165, 1.54) is 0 Å². The number of aromatic nitrogens is 2. The zero-order chi connectivity index (χ0) is 20.6. The molecule has 1 fully saturated rings. The van der Waals surface area contributed by atoms with E-state index in [1.54, 1.807) is 7.11 Å². The number of hydrogen-bond donors (Lipinski definition) is 1. The number of carbonyl (C=O) groups excluding carboxylic acids is 1. The molecule has 0 unspecified atom stereocenters. The number of pyridine rings is 1. The molecule has 1 amide bonds. The van der Waals surface area contributed by atoms with Gasteiger partial charge in [-0.15, -0.1) is 0 Å². The van der Waals surface area contributed by atoms with Crippen LogP contribution in [0.5, 0.6) is 0 Å². The largest absolute Gasteiger partial charge is 0.380 e. The molecular weight excluding hydrogens is 366 g/mol. The van der Waals surface area contributed by atoms with Crippen LogP contribution in [0, 0.1) is 5.41 Å². The molecule has 6 heteroatoms. The van der Waals surface area contributed by atoms with Crippen LogP contribution in [0.1, 0.15) is 66.8 Å². The third-order valence-corrected chi connectivity index (χ3v) is 4.97. The summed E-state index contributed by atoms with van der Waals surface area (Å²) in [5.74, 6) is 0.236. The quantitative estimate of drug-likeness (QED) is 0.631. The van der Waals surface area contributed by atoms with Crippen LogP contribution in [0.25, 0.3) is 11.1 Å². The van der Waals surface area contributed by atoms with E-state index < -0.39 is 0 Å². The number of methoxy groups -OCH3 is 1. The Morgan fingerprint density at radius 2 is 2.07 bits per heavy atom. The van der Waals surface area contributed by atoms with E-state index in [1.807, 2.05) is 30.3 Å². The highest BCUT2D eigenvalue weighted by molar-refractivity contribution is 6.12. The highest BCUT2D eigenvalue weighted by atomic mass is 16.5. The Bertz CT molecular complexity index is 1050. The van der Waals surface area contributed by atoms with Crippen molar-refractivity contribution in [1.29, 1.82) is 0 Å². The second-order valence-corrected chi connectivity index (χ2v) is 9.00. The first-order valence-corrected chi connectivity index (χ1v) is 10.0. The molecule has 0 bridgehead atoms. The van der Waals surface area contributed by atoms with Crippen molar-refractivity contribution in [3.63, 3.8) is 0 Å². The highest BCUT2D eigenvalue weighted by Gasteiger charge is 2.30. The first kappa shape index (κ1) is 19.6. The lowest BCUT2D eigenvalue weighted by molar-refractivity contribution is 0.102. The third kappa shape index (κ3) is 4.48. The fourth-order valence-electron chi connectivity index (χ4n) is 3.52. The second kappa shape index (κ2) is 7.59. The standard InChI is InChI=1S/C23H27N3O3/c1-23(2,3)12-19-20-17(11-18(15-8-9-15)25-22(20)29-26-19)21(27)24-16-7-5-6-14(10-16)13-28-4/h5-7,10-11,15H,8-9,12-13H2,1-4H3,(H,24,27). The number of rotatable bonds is 6. The normalized spacial score (nSPS) is 14.3. The molecule has 0 spiro atoms. The molecule has 1 aliphatic rings. The minimum Gasteiger partial charge on any atom is -0.380 e. The lowest BCUT2D eigenvalue weighted by Crippen LogP contribution is -2.15. The monoisotopic (exact) mass is 393 g/mol. The van der Waals surface area contributed by atoms with Crippen molar-refractivity contribution in [1.82, 2.24) is 10.1 Å². The number of hydrogen-bond acceptors (Lipinski definition) is 5. The molecule has 1 aliphatic carbocycles. The van der Waals surface area contributed by atoms with Crippen molar-refractivity contribution in [3.8, 4) is 0 Å². The van der Waals surface area contributed by atoms with Crippen LogP contribution < -0.4 is 5.32 Å². The number of ether oxygens (including phenoxy) is 1. The van der Waals surface area contributed by atoms with Crippen molar-refractivity contribution in [2.24, 2.45) is 5.41 Å². The van der Waals surface area contributed by atoms with Crippen LogP contribution in [-0.4, -0.2) is 23.2 Å². The van der Waals surface area contributed by atoms with Gasteiger partial charge in [-0.25, -0.2) is 4.98 Å². The van der Waals surface area contributed by atoms with E-state index in [9.17, 15) is 4.79 Å². The zero-order valence-electron chi connectivity index (χ0n) is 17.4. The van der Waals surface area contributed by atoms with Crippen molar-refractivity contribution in [3.05, 3.63) is 52.8 Å². The Morgan fingerprint density at radius 1 is 1.28 bits per heavy atom. The number of benzene rings is 1. The number of nitrogens with one attached hydrogen (secondary N) is 1. The summed E-state index contributed by atoms with van der Waals surface area (Å²) >= 11 is 0. The number of nitrogens with zero attached hydrogens (tertiary/aromatic N) is 2. The van der Waals surface area contributed by atoms with Crippen molar-refractivity contribution >= 4 is 22.7 Å². The predicted octanol–water partition coefficient (Wildman–Crippen LogP) is 5.09. The minimum atomic E-state index is -0.174. The van der Waals surface area contributed by atoms with Gasteiger partial charge in [0.2, 0.25) is 0 Å². The maximum Gasteiger partial charge on any atom is 0.259 e. The summed E-state index contributed by atoms with van der Waals surface area (Å²) in [7, 11) is 1.65. The highest BCUT2D eigenvalue weighted by Crippen LogP contribution is 2.41. The zero-order valence-corrected chi connectivity index (χ0v) is 17.4. The van der Waals surface area contributed by atoms with Gasteiger partial charge in [0.15, 0.2) is 0 Å². The predicted molar refractivity (Wildman–Crippen MR) is 112 cm³/mol. The lowest BCUT2D eigenvalue weighted by atomic mass is 9.89. The molecule has 152 valence electrons. The Balaban J connectivity index is 1.73. The Hall–Kier alpha value is -2.73. The molecule has 29 heavy (non-hydrogen) atoms. The van der Waals surface area contributed by atoms with Gasteiger partial charge in [0.1, 0.15) is 0 Å². The van der Waals surface area contributed by atoms with Gasteiger partial charge in [-0.05, 0) is 48.4 Å². The molecule has 1 aromatic carbocycles. The number of fused-ring (bicyclic) bond motifs is 1. The molecule has 2 aromatic heterocycles. The summed E-state index contributed by atoms with van der Waals surface area (Å²) in [6, 6.07) is 9.59. The van der Waals surface area contributed by atoms with Crippen LogP contribution >= 0.6 is 0 Å². The number of carbonyl (C=O) groups is 1. The summed E-state index contributed by atoms with van der Waals surface area (Å²) in [5, 5.41) is 8.00. The summed E-state index contributed by atoms with van der Waals surface area (Å²) in [6.45, 7) is 6.91. The van der Waals surface area contributed by atoms with Crippen LogP contribution in [-0.2, 0) is 17.8 Å². The van der Waals surface area contributed by atoms with Crippen LogP contribution in [0.2, 0.25) is 0 Å². The molecule has 1 saturated carbocycles. The average molecular weight is 393 g/mol. The summed E-state index contributed by atoms with van der Waals surface area (Å²) in [5.41, 5.74) is 4.47. The SMILES string of the molecule is COCc1cccc(NC(=O)c2cc(C3CC3)nc3onc(CC(C)(C)C)c23)c1. The van der Waals surface area contributed by atoms with E-state index in [2.05, 4.69) is 36.2 Å². The molecule has 0 saturated heterocycles. The van der Waals surface area contributed by atoms with Crippen LogP contribution in [0.15, 0.2) is 34.9 Å². The van der Waals surface area contributed by atoms with Crippen molar-refractivity contribution in [2.45, 2.75) is 52.6 Å². The van der Waals surface area contributed by atoms with E-state index in [4.69, 9.17) is 9.26 Å². The average Bonchev–Trinajstić information content (AvgIpc) is 3.43. The van der Waals surface area contributed by atoms with Crippen molar-refractivity contribution in [2.75, 3.05) is 12.4 Å². The molecule has 0 radical (unpaired) electrons.